The Morgan fingerprint density at radius 2 is 2.18 bits per heavy atom. The Morgan fingerprint density at radius 1 is 1.41 bits per heavy atom. The number of nitrogens with zero attached hydrogens (tertiary/aromatic N) is 1. The predicted molar refractivity (Wildman–Crippen MR) is 69.9 cm³/mol. The minimum Gasteiger partial charge on any atom is -0.395 e. The van der Waals surface area contributed by atoms with Crippen LogP contribution in [0.5, 0.6) is 0 Å². The molecule has 2 rings (SSSR count). The summed E-state index contributed by atoms with van der Waals surface area (Å²) in [5.41, 5.74) is 2.69. The van der Waals surface area contributed by atoms with Gasteiger partial charge in [-0.15, -0.1) is 0 Å². The van der Waals surface area contributed by atoms with Crippen LogP contribution in [0, 0.1) is 6.92 Å². The van der Waals surface area contributed by atoms with E-state index in [1.165, 1.54) is 11.1 Å². The van der Waals surface area contributed by atoms with Gasteiger partial charge < -0.3 is 10.4 Å². The lowest BCUT2D eigenvalue weighted by Crippen LogP contribution is -2.56. The number of piperazine rings is 1. The Balaban J connectivity index is 2.07. The molecule has 0 aliphatic carbocycles. The fourth-order valence-corrected chi connectivity index (χ4v) is 2.41. The maximum atomic E-state index is 9.41. The first kappa shape index (κ1) is 12.6. The summed E-state index contributed by atoms with van der Waals surface area (Å²) >= 11 is 0. The van der Waals surface area contributed by atoms with Gasteiger partial charge in [-0.1, -0.05) is 24.3 Å². The zero-order valence-corrected chi connectivity index (χ0v) is 10.7. The molecule has 3 nitrogen and oxygen atoms in total. The number of aliphatic hydroxyl groups is 1. The highest BCUT2D eigenvalue weighted by atomic mass is 16.3. The lowest BCUT2D eigenvalue weighted by atomic mass is 10.1. The van der Waals surface area contributed by atoms with Gasteiger partial charge in [-0.3, -0.25) is 4.90 Å². The Kier molecular flexibility index (Phi) is 4.15. The van der Waals surface area contributed by atoms with Crippen molar-refractivity contribution in [2.75, 3.05) is 19.7 Å². The highest BCUT2D eigenvalue weighted by molar-refractivity contribution is 5.25. The van der Waals surface area contributed by atoms with Crippen LogP contribution >= 0.6 is 0 Å². The quantitative estimate of drug-likeness (QED) is 0.823. The molecular weight excluding hydrogens is 212 g/mol. The standard InChI is InChI=1S/C14H22N2O/c1-11-5-3-4-6-13(11)9-16-8-12(2)15-7-14(16)10-17/h3-6,12,14-15,17H,7-10H2,1-2H3. The van der Waals surface area contributed by atoms with Gasteiger partial charge in [-0.2, -0.15) is 0 Å². The molecule has 0 aromatic heterocycles. The molecule has 0 spiro atoms. The van der Waals surface area contributed by atoms with E-state index in [9.17, 15) is 5.11 Å². The molecule has 17 heavy (non-hydrogen) atoms. The molecule has 2 atom stereocenters. The average Bonchev–Trinajstić information content (AvgIpc) is 2.32. The molecule has 1 fully saturated rings. The minimum atomic E-state index is 0.228. The molecule has 0 saturated carbocycles. The highest BCUT2D eigenvalue weighted by Gasteiger charge is 2.25. The molecule has 3 heteroatoms. The summed E-state index contributed by atoms with van der Waals surface area (Å²) in [6, 6.07) is 9.23. The normalized spacial score (nSPS) is 26.1. The third-order valence-electron chi connectivity index (χ3n) is 3.57. The average molecular weight is 234 g/mol. The van der Waals surface area contributed by atoms with Gasteiger partial charge >= 0.3 is 0 Å². The maximum Gasteiger partial charge on any atom is 0.0599 e. The number of benzene rings is 1. The van der Waals surface area contributed by atoms with Gasteiger partial charge in [0.25, 0.3) is 0 Å². The summed E-state index contributed by atoms with van der Waals surface area (Å²) in [5.74, 6) is 0. The molecule has 1 heterocycles. The van der Waals surface area contributed by atoms with Gasteiger partial charge in [-0.25, -0.2) is 0 Å². The van der Waals surface area contributed by atoms with Gasteiger partial charge in [0.2, 0.25) is 0 Å². The molecule has 94 valence electrons. The van der Waals surface area contributed by atoms with Crippen molar-refractivity contribution in [1.82, 2.24) is 10.2 Å². The van der Waals surface area contributed by atoms with Crippen LogP contribution in [0.2, 0.25) is 0 Å². The number of aryl methyl sites for hydroxylation is 1. The number of aliphatic hydroxyl groups excluding tert-OH is 1. The SMILES string of the molecule is Cc1ccccc1CN1CC(C)NCC1CO. The highest BCUT2D eigenvalue weighted by Crippen LogP contribution is 2.15. The van der Waals surface area contributed by atoms with Gasteiger partial charge in [0.15, 0.2) is 0 Å². The van der Waals surface area contributed by atoms with Crippen molar-refractivity contribution in [3.8, 4) is 0 Å². The summed E-state index contributed by atoms with van der Waals surface area (Å²) in [7, 11) is 0. The minimum absolute atomic E-state index is 0.228. The first-order valence-electron chi connectivity index (χ1n) is 6.33. The van der Waals surface area contributed by atoms with E-state index in [2.05, 4.69) is 48.3 Å². The van der Waals surface area contributed by atoms with Gasteiger partial charge in [0.05, 0.1) is 6.61 Å². The molecule has 0 bridgehead atoms. The zero-order chi connectivity index (χ0) is 12.3. The molecule has 1 saturated heterocycles. The molecule has 1 aromatic carbocycles. The van der Waals surface area contributed by atoms with E-state index < -0.39 is 0 Å². The van der Waals surface area contributed by atoms with Crippen molar-refractivity contribution >= 4 is 0 Å². The molecule has 0 radical (unpaired) electrons. The Labute approximate surface area is 103 Å². The summed E-state index contributed by atoms with van der Waals surface area (Å²) in [6.45, 7) is 7.38. The predicted octanol–water partition coefficient (Wildman–Crippen LogP) is 1.15. The number of hydrogen-bond acceptors (Lipinski definition) is 3. The van der Waals surface area contributed by atoms with Crippen LogP contribution < -0.4 is 5.32 Å². The molecule has 1 aliphatic rings. The van der Waals surface area contributed by atoms with E-state index in [-0.39, 0.29) is 12.6 Å². The first-order valence-corrected chi connectivity index (χ1v) is 6.33. The monoisotopic (exact) mass is 234 g/mol. The number of rotatable bonds is 3. The van der Waals surface area contributed by atoms with E-state index >= 15 is 0 Å². The van der Waals surface area contributed by atoms with Gasteiger partial charge in [0.1, 0.15) is 0 Å². The Hall–Kier alpha value is -0.900. The van der Waals surface area contributed by atoms with Gasteiger partial charge in [0, 0.05) is 31.7 Å². The second-order valence-corrected chi connectivity index (χ2v) is 5.00. The fourth-order valence-electron chi connectivity index (χ4n) is 2.41. The largest absolute Gasteiger partial charge is 0.395 e. The van der Waals surface area contributed by atoms with Crippen molar-refractivity contribution in [2.45, 2.75) is 32.5 Å². The molecule has 0 amide bonds. The second-order valence-electron chi connectivity index (χ2n) is 5.00. The fraction of sp³-hybridized carbons (Fsp3) is 0.571. The smallest absolute Gasteiger partial charge is 0.0599 e. The van der Waals surface area contributed by atoms with Crippen molar-refractivity contribution in [3.05, 3.63) is 35.4 Å². The lowest BCUT2D eigenvalue weighted by Gasteiger charge is -2.38. The molecule has 1 aliphatic heterocycles. The number of nitrogens with one attached hydrogen (secondary N) is 1. The molecule has 1 aromatic rings. The van der Waals surface area contributed by atoms with Gasteiger partial charge in [-0.05, 0) is 25.0 Å². The van der Waals surface area contributed by atoms with E-state index in [1.54, 1.807) is 0 Å². The summed E-state index contributed by atoms with van der Waals surface area (Å²) in [5, 5.41) is 12.8. The van der Waals surface area contributed by atoms with Crippen LogP contribution in [-0.2, 0) is 6.54 Å². The Bertz CT molecular complexity index is 367. The van der Waals surface area contributed by atoms with E-state index in [0.29, 0.717) is 6.04 Å². The van der Waals surface area contributed by atoms with Crippen LogP contribution in [0.3, 0.4) is 0 Å². The topological polar surface area (TPSA) is 35.5 Å². The van der Waals surface area contributed by atoms with Crippen LogP contribution in [0.15, 0.2) is 24.3 Å². The van der Waals surface area contributed by atoms with Crippen molar-refractivity contribution in [3.63, 3.8) is 0 Å². The van der Waals surface area contributed by atoms with Crippen LogP contribution in [0.1, 0.15) is 18.1 Å². The lowest BCUT2D eigenvalue weighted by molar-refractivity contribution is 0.0779. The zero-order valence-electron chi connectivity index (χ0n) is 10.7. The summed E-state index contributed by atoms with van der Waals surface area (Å²) in [6.07, 6.45) is 0. The summed E-state index contributed by atoms with van der Waals surface area (Å²) < 4.78 is 0. The molecule has 2 unspecified atom stereocenters. The number of hydrogen-bond donors (Lipinski definition) is 2. The molecular formula is C14H22N2O. The van der Waals surface area contributed by atoms with Crippen LogP contribution in [0.25, 0.3) is 0 Å². The van der Waals surface area contributed by atoms with Crippen molar-refractivity contribution < 1.29 is 5.11 Å². The maximum absolute atomic E-state index is 9.41. The summed E-state index contributed by atoms with van der Waals surface area (Å²) in [4.78, 5) is 2.38. The van der Waals surface area contributed by atoms with E-state index in [0.717, 1.165) is 19.6 Å². The van der Waals surface area contributed by atoms with Crippen LogP contribution in [-0.4, -0.2) is 41.8 Å². The third-order valence-corrected chi connectivity index (χ3v) is 3.57. The molecule has 2 N–H and O–H groups in total. The van der Waals surface area contributed by atoms with Crippen molar-refractivity contribution in [2.24, 2.45) is 0 Å². The van der Waals surface area contributed by atoms with Crippen LogP contribution in [0.4, 0.5) is 0 Å². The van der Waals surface area contributed by atoms with E-state index in [1.807, 2.05) is 0 Å². The first-order chi connectivity index (χ1) is 8.20. The third kappa shape index (κ3) is 3.06. The Morgan fingerprint density at radius 3 is 2.88 bits per heavy atom. The van der Waals surface area contributed by atoms with Crippen molar-refractivity contribution in [1.29, 1.82) is 0 Å². The second kappa shape index (κ2) is 5.63. The van der Waals surface area contributed by atoms with E-state index in [4.69, 9.17) is 0 Å².